The van der Waals surface area contributed by atoms with Crippen molar-refractivity contribution in [2.75, 3.05) is 6.61 Å². The van der Waals surface area contributed by atoms with Crippen molar-refractivity contribution >= 4 is 70.3 Å². The van der Waals surface area contributed by atoms with Crippen LogP contribution in [0.3, 0.4) is 0 Å². The topological polar surface area (TPSA) is 26.3 Å². The quantitative estimate of drug-likeness (QED) is 0.275. The third-order valence-electron chi connectivity index (χ3n) is 3.68. The van der Waals surface area contributed by atoms with Crippen molar-refractivity contribution in [2.24, 2.45) is 0 Å². The molecular weight excluding hydrogens is 576 g/mol. The van der Waals surface area contributed by atoms with Crippen LogP contribution >= 0.6 is 0 Å². The van der Waals surface area contributed by atoms with Crippen LogP contribution in [0.25, 0.3) is 4.47 Å². The van der Waals surface area contributed by atoms with Crippen LogP contribution in [0.1, 0.15) is 48.5 Å². The molecule has 2 aliphatic heterocycles. The zero-order valence-corrected chi connectivity index (χ0v) is 20.9. The first-order valence-electron chi connectivity index (χ1n) is 8.33. The van der Waals surface area contributed by atoms with Gasteiger partial charge in [-0.25, -0.2) is 0 Å². The monoisotopic (exact) mass is 600 g/mol. The van der Waals surface area contributed by atoms with Gasteiger partial charge in [-0.05, 0) is 0 Å². The third kappa shape index (κ3) is 5.73. The number of carbonyl (C=O) groups is 1. The van der Waals surface area contributed by atoms with E-state index in [4.69, 9.17) is 4.74 Å². The van der Waals surface area contributed by atoms with Gasteiger partial charge < -0.3 is 0 Å². The molecule has 2 heterocycles. The zero-order valence-electron chi connectivity index (χ0n) is 14.0. The molecule has 1 aromatic rings. The molecule has 1 aromatic carbocycles. The number of hydrogen-bond acceptors (Lipinski definition) is 2. The molecule has 3 rings (SSSR count). The number of ether oxygens (including phenoxy) is 1. The standard InChI is InChI=1S/C19H20O2Se4/c1-2-3-4-5-10-21-17(20)15-8-6-14(7-9-15)16-13-24-19(25-16)18-22-11-12-23-18/h6-9,11-13H,2-5,10H2,1H3. The molecular formula is C19H20O2Se4. The molecule has 0 fully saturated rings. The SMILES string of the molecule is CCCCCCOC(=O)c1ccc(C2=C[Se]C(=C3[Se]C=C[Se]3)[Se]2)cc1. The van der Waals surface area contributed by atoms with Crippen LogP contribution in [0.2, 0.25) is 0 Å². The summed E-state index contributed by atoms with van der Waals surface area (Å²) >= 11 is 2.31. The Balaban J connectivity index is 1.52. The summed E-state index contributed by atoms with van der Waals surface area (Å²) in [4.78, 5) is 19.3. The molecule has 0 spiro atoms. The van der Waals surface area contributed by atoms with E-state index >= 15 is 0 Å². The average Bonchev–Trinajstić information content (AvgIpc) is 3.33. The number of benzene rings is 1. The van der Waals surface area contributed by atoms with Crippen LogP contribution in [-0.4, -0.2) is 72.4 Å². The van der Waals surface area contributed by atoms with Gasteiger partial charge in [-0.15, -0.1) is 0 Å². The molecule has 0 unspecified atom stereocenters. The zero-order chi connectivity index (χ0) is 17.5. The number of esters is 1. The van der Waals surface area contributed by atoms with Gasteiger partial charge in [-0.3, -0.25) is 0 Å². The molecule has 2 aliphatic rings. The van der Waals surface area contributed by atoms with Gasteiger partial charge in [-0.2, -0.15) is 0 Å². The summed E-state index contributed by atoms with van der Waals surface area (Å²) in [6, 6.07) is 8.02. The minimum absolute atomic E-state index is 0.191. The molecule has 0 atom stereocenters. The van der Waals surface area contributed by atoms with E-state index < -0.39 is 0 Å². The molecule has 0 N–H and O–H groups in total. The van der Waals surface area contributed by atoms with Crippen LogP contribution in [0.15, 0.2) is 45.9 Å². The van der Waals surface area contributed by atoms with Crippen molar-refractivity contribution in [3.05, 3.63) is 57.1 Å². The summed E-state index contributed by atoms with van der Waals surface area (Å²) in [5.41, 5.74) is 1.95. The fraction of sp³-hybridized carbons (Fsp3) is 0.316. The van der Waals surface area contributed by atoms with Gasteiger partial charge in [0.2, 0.25) is 0 Å². The maximum atomic E-state index is 12.1. The minimum atomic E-state index is -0.191. The Morgan fingerprint density at radius 1 is 0.960 bits per heavy atom. The first kappa shape index (κ1) is 19.7. The Morgan fingerprint density at radius 3 is 2.44 bits per heavy atom. The van der Waals surface area contributed by atoms with Crippen molar-refractivity contribution in [3.63, 3.8) is 0 Å². The van der Waals surface area contributed by atoms with Gasteiger partial charge in [0.15, 0.2) is 0 Å². The average molecular weight is 596 g/mol. The molecule has 132 valence electrons. The van der Waals surface area contributed by atoms with E-state index in [1.165, 1.54) is 22.9 Å². The second-order valence-corrected chi connectivity index (χ2v) is 16.1. The van der Waals surface area contributed by atoms with Gasteiger partial charge in [0.05, 0.1) is 0 Å². The first-order valence-corrected chi connectivity index (χ1v) is 15.6. The summed E-state index contributed by atoms with van der Waals surface area (Å²) in [7, 11) is 0. The van der Waals surface area contributed by atoms with E-state index in [0.29, 0.717) is 72.0 Å². The molecule has 0 saturated carbocycles. The molecule has 6 heteroatoms. The molecule has 0 saturated heterocycles. The Morgan fingerprint density at radius 2 is 1.72 bits per heavy atom. The van der Waals surface area contributed by atoms with Crippen molar-refractivity contribution in [3.8, 4) is 0 Å². The number of rotatable bonds is 7. The molecule has 0 amide bonds. The van der Waals surface area contributed by atoms with Crippen molar-refractivity contribution < 1.29 is 9.53 Å². The van der Waals surface area contributed by atoms with Crippen LogP contribution in [-0.2, 0) is 4.74 Å². The fourth-order valence-corrected chi connectivity index (χ4v) is 16.0. The van der Waals surface area contributed by atoms with Crippen LogP contribution in [0.4, 0.5) is 0 Å². The summed E-state index contributed by atoms with van der Waals surface area (Å²) in [5, 5.41) is 0. The number of carbonyl (C=O) groups excluding carboxylic acids is 1. The Bertz CT molecular complexity index is 695. The molecule has 0 radical (unpaired) electrons. The fourth-order valence-electron chi connectivity index (χ4n) is 2.32. The third-order valence-corrected chi connectivity index (χ3v) is 18.5. The Labute approximate surface area is 174 Å². The second-order valence-electron chi connectivity index (χ2n) is 5.56. The second kappa shape index (κ2) is 10.4. The van der Waals surface area contributed by atoms with Crippen molar-refractivity contribution in [1.29, 1.82) is 0 Å². The number of unbranched alkanes of at least 4 members (excludes halogenated alkanes) is 3. The summed E-state index contributed by atoms with van der Waals surface area (Å²) in [6.45, 7) is 2.72. The van der Waals surface area contributed by atoms with Gasteiger partial charge in [0.25, 0.3) is 0 Å². The summed E-state index contributed by atoms with van der Waals surface area (Å²) in [5.74, 6) is -0.191. The predicted octanol–water partition coefficient (Wildman–Crippen LogP) is 3.16. The molecule has 0 aliphatic carbocycles. The Kier molecular flexibility index (Phi) is 8.18. The van der Waals surface area contributed by atoms with Crippen molar-refractivity contribution in [1.82, 2.24) is 0 Å². The van der Waals surface area contributed by atoms with Gasteiger partial charge >= 0.3 is 169 Å². The predicted molar refractivity (Wildman–Crippen MR) is 108 cm³/mol. The van der Waals surface area contributed by atoms with E-state index in [1.54, 1.807) is 6.74 Å². The molecule has 2 nitrogen and oxygen atoms in total. The molecule has 0 aromatic heterocycles. The number of hydrogen-bond donors (Lipinski definition) is 0. The Hall–Kier alpha value is -0.0121. The van der Waals surface area contributed by atoms with Crippen LogP contribution in [0.5, 0.6) is 0 Å². The molecule has 25 heavy (non-hydrogen) atoms. The maximum absolute atomic E-state index is 12.1. The van der Waals surface area contributed by atoms with E-state index in [2.05, 4.69) is 34.0 Å². The van der Waals surface area contributed by atoms with Gasteiger partial charge in [0.1, 0.15) is 0 Å². The van der Waals surface area contributed by atoms with E-state index in [0.717, 1.165) is 12.8 Å². The summed E-state index contributed by atoms with van der Waals surface area (Å²) < 4.78 is 10.4. The van der Waals surface area contributed by atoms with E-state index in [-0.39, 0.29) is 5.97 Å². The van der Waals surface area contributed by atoms with Crippen molar-refractivity contribution in [2.45, 2.75) is 32.6 Å². The normalized spacial score (nSPS) is 16.4. The van der Waals surface area contributed by atoms with E-state index in [9.17, 15) is 4.79 Å². The van der Waals surface area contributed by atoms with Gasteiger partial charge in [0, 0.05) is 0 Å². The summed E-state index contributed by atoms with van der Waals surface area (Å²) in [6.07, 6.45) is 4.51. The first-order chi connectivity index (χ1) is 12.3. The van der Waals surface area contributed by atoms with E-state index in [1.807, 2.05) is 12.1 Å². The van der Waals surface area contributed by atoms with Crippen LogP contribution < -0.4 is 0 Å². The molecule has 0 bridgehead atoms. The van der Waals surface area contributed by atoms with Crippen LogP contribution in [0, 0.1) is 0 Å². The van der Waals surface area contributed by atoms with Gasteiger partial charge in [-0.1, -0.05) is 6.92 Å².